The van der Waals surface area contributed by atoms with Crippen LogP contribution in [0.15, 0.2) is 45.3 Å². The van der Waals surface area contributed by atoms with Gasteiger partial charge in [-0.15, -0.1) is 0 Å². The molecular weight excluding hydrogens is 622 g/mol. The first-order chi connectivity index (χ1) is 22.7. The van der Waals surface area contributed by atoms with Crippen molar-refractivity contribution in [2.75, 3.05) is 72.4 Å². The number of ketones is 2. The van der Waals surface area contributed by atoms with Crippen LogP contribution in [0, 0.1) is 11.8 Å². The van der Waals surface area contributed by atoms with Crippen molar-refractivity contribution >= 4 is 23.2 Å². The second-order valence-corrected chi connectivity index (χ2v) is 13.6. The van der Waals surface area contributed by atoms with E-state index in [1.54, 1.807) is 26.2 Å². The SMILES string of the molecule is CN(C)c1cc(-c2ccc(CN3CCN(CCO)CC3)o2)c(O)c2c1C[C@@H]1C[C@@H]3[C@@H](N(C)C)C(O)=C(C(N)=O)C(=O)[C@@]3(O)C(O)=C1C2=O. The predicted molar refractivity (Wildman–Crippen MR) is 175 cm³/mol. The van der Waals surface area contributed by atoms with E-state index in [1.165, 1.54) is 4.90 Å². The van der Waals surface area contributed by atoms with Crippen molar-refractivity contribution in [1.82, 2.24) is 14.7 Å². The number of Topliss-reactive ketones (excluding diaryl/α,β-unsaturated/α-hetero) is 2. The Kier molecular flexibility index (Phi) is 8.67. The lowest BCUT2D eigenvalue weighted by atomic mass is 9.58. The third kappa shape index (κ3) is 5.19. The number of phenols is 1. The van der Waals surface area contributed by atoms with E-state index in [0.29, 0.717) is 35.9 Å². The van der Waals surface area contributed by atoms with Crippen molar-refractivity contribution in [3.05, 3.63) is 57.8 Å². The lowest BCUT2D eigenvalue weighted by Crippen LogP contribution is -2.63. The number of likely N-dealkylation sites (N-methyl/N-ethyl adjacent to an activating group) is 1. The van der Waals surface area contributed by atoms with E-state index in [2.05, 4.69) is 9.80 Å². The Morgan fingerprint density at radius 3 is 2.33 bits per heavy atom. The molecule has 14 heteroatoms. The van der Waals surface area contributed by atoms with Crippen LogP contribution in [-0.4, -0.2) is 137 Å². The fraction of sp³-hybridized carbons (Fsp3) is 0.500. The number of aliphatic hydroxyl groups is 4. The highest BCUT2D eigenvalue weighted by Gasteiger charge is 2.63. The molecule has 0 bridgehead atoms. The minimum Gasteiger partial charge on any atom is -0.510 e. The third-order valence-corrected chi connectivity index (χ3v) is 10.4. The molecule has 3 aliphatic carbocycles. The number of amides is 1. The summed E-state index contributed by atoms with van der Waals surface area (Å²) in [5, 5.41) is 55.5. The maximum atomic E-state index is 14.4. The van der Waals surface area contributed by atoms with Crippen LogP contribution in [-0.2, 0) is 22.6 Å². The molecule has 1 saturated heterocycles. The number of allylic oxidation sites excluding steroid dienone is 1. The molecular formula is C34H43N5O9. The van der Waals surface area contributed by atoms with Crippen molar-refractivity contribution in [1.29, 1.82) is 0 Å². The van der Waals surface area contributed by atoms with Crippen LogP contribution in [0.5, 0.6) is 5.75 Å². The number of hydrogen-bond donors (Lipinski definition) is 6. The summed E-state index contributed by atoms with van der Waals surface area (Å²) >= 11 is 0. The van der Waals surface area contributed by atoms with Gasteiger partial charge in [-0.2, -0.15) is 0 Å². The number of rotatable bonds is 8. The minimum atomic E-state index is -2.71. The van der Waals surface area contributed by atoms with Gasteiger partial charge in [0.2, 0.25) is 5.78 Å². The molecule has 0 spiro atoms. The molecule has 1 aromatic carbocycles. The second kappa shape index (κ2) is 12.3. The van der Waals surface area contributed by atoms with Crippen LogP contribution in [0.4, 0.5) is 5.69 Å². The van der Waals surface area contributed by atoms with Gasteiger partial charge in [-0.3, -0.25) is 29.1 Å². The number of carbonyl (C=O) groups excluding carboxylic acids is 3. The predicted octanol–water partition coefficient (Wildman–Crippen LogP) is 0.557. The molecule has 0 saturated carbocycles. The Morgan fingerprint density at radius 2 is 1.73 bits per heavy atom. The molecule has 1 aromatic heterocycles. The van der Waals surface area contributed by atoms with Gasteiger partial charge in [-0.1, -0.05) is 0 Å². The number of piperazine rings is 1. The number of phenolic OH excluding ortho intramolecular Hbond substituents is 1. The summed E-state index contributed by atoms with van der Waals surface area (Å²) in [6.07, 6.45) is 0.193. The summed E-state index contributed by atoms with van der Waals surface area (Å²) in [6, 6.07) is 4.25. The highest BCUT2D eigenvalue weighted by atomic mass is 16.4. The highest BCUT2D eigenvalue weighted by Crippen LogP contribution is 2.54. The summed E-state index contributed by atoms with van der Waals surface area (Å²) < 4.78 is 6.19. The molecule has 258 valence electrons. The van der Waals surface area contributed by atoms with Crippen LogP contribution in [0.2, 0.25) is 0 Å². The molecule has 14 nitrogen and oxygen atoms in total. The molecule has 1 fully saturated rings. The topological polar surface area (TPSA) is 204 Å². The van der Waals surface area contributed by atoms with Crippen molar-refractivity contribution < 1.29 is 44.3 Å². The fourth-order valence-electron chi connectivity index (χ4n) is 8.03. The van der Waals surface area contributed by atoms with Gasteiger partial charge in [0.1, 0.15) is 34.4 Å². The Bertz CT molecular complexity index is 1740. The number of primary amides is 1. The number of aliphatic hydroxyl groups excluding tert-OH is 3. The molecule has 48 heavy (non-hydrogen) atoms. The first kappa shape index (κ1) is 33.7. The Balaban J connectivity index is 1.40. The zero-order chi connectivity index (χ0) is 34.8. The number of aromatic hydroxyl groups is 1. The number of carbonyl (C=O) groups is 3. The lowest BCUT2D eigenvalue weighted by Gasteiger charge is -2.50. The van der Waals surface area contributed by atoms with Crippen LogP contribution in [0.3, 0.4) is 0 Å². The standard InChI is InChI=1S/C34H43N5O9/c1-36(2)22-15-20(23-6-5-18(48-23)16-39-9-7-38(8-10-39)11-12-40)28(41)25-19(22)13-17-14-21-27(37(3)4)30(43)26(33(35)46)32(45)34(21,47)31(44)24(17)29(25)42/h5-6,15,17,21,27,40-41,43-44,47H,7-14,16H2,1-4H3,(H2,35,46)/t17-,21-,27-,34+/m1/s1. The van der Waals surface area contributed by atoms with Crippen molar-refractivity contribution in [2.45, 2.75) is 31.0 Å². The zero-order valence-corrected chi connectivity index (χ0v) is 27.6. The van der Waals surface area contributed by atoms with E-state index in [1.807, 2.05) is 25.1 Å². The number of hydrogen-bond acceptors (Lipinski definition) is 13. The molecule has 7 N–H and O–H groups in total. The molecule has 1 aliphatic heterocycles. The molecule has 4 aliphatic rings. The minimum absolute atomic E-state index is 0.0109. The molecule has 1 amide bonds. The lowest BCUT2D eigenvalue weighted by molar-refractivity contribution is -0.148. The average Bonchev–Trinajstić information content (AvgIpc) is 3.47. The second-order valence-electron chi connectivity index (χ2n) is 13.6. The van der Waals surface area contributed by atoms with E-state index in [-0.39, 0.29) is 41.9 Å². The summed E-state index contributed by atoms with van der Waals surface area (Å²) in [5.74, 6) is -5.93. The Morgan fingerprint density at radius 1 is 1.06 bits per heavy atom. The van der Waals surface area contributed by atoms with Gasteiger partial charge in [0.05, 0.1) is 30.3 Å². The van der Waals surface area contributed by atoms with Gasteiger partial charge in [-0.05, 0) is 56.6 Å². The normalized spacial score (nSPS) is 26.5. The molecule has 2 aromatic rings. The van der Waals surface area contributed by atoms with Gasteiger partial charge < -0.3 is 40.6 Å². The molecule has 0 unspecified atom stereocenters. The Labute approximate surface area is 277 Å². The van der Waals surface area contributed by atoms with Crippen LogP contribution in [0.25, 0.3) is 11.3 Å². The number of benzene rings is 1. The number of fused-ring (bicyclic) bond motifs is 3. The van der Waals surface area contributed by atoms with Crippen LogP contribution in [0.1, 0.15) is 28.1 Å². The van der Waals surface area contributed by atoms with Crippen molar-refractivity contribution in [2.24, 2.45) is 17.6 Å². The number of nitrogens with two attached hydrogens (primary N) is 1. The Hall–Kier alpha value is -4.21. The van der Waals surface area contributed by atoms with Gasteiger partial charge in [0.25, 0.3) is 5.91 Å². The van der Waals surface area contributed by atoms with Crippen LogP contribution >= 0.6 is 0 Å². The number of anilines is 1. The summed E-state index contributed by atoms with van der Waals surface area (Å²) in [7, 11) is 6.81. The summed E-state index contributed by atoms with van der Waals surface area (Å²) in [5.41, 5.74) is 3.04. The van der Waals surface area contributed by atoms with E-state index in [0.717, 1.165) is 26.2 Å². The van der Waals surface area contributed by atoms with Crippen molar-refractivity contribution in [3.63, 3.8) is 0 Å². The molecule has 0 radical (unpaired) electrons. The highest BCUT2D eigenvalue weighted by molar-refractivity contribution is 6.25. The maximum absolute atomic E-state index is 14.4. The monoisotopic (exact) mass is 665 g/mol. The van der Waals surface area contributed by atoms with E-state index in [9.17, 15) is 39.9 Å². The summed E-state index contributed by atoms with van der Waals surface area (Å²) in [6.45, 7) is 4.57. The number of furan rings is 1. The first-order valence-corrected chi connectivity index (χ1v) is 16.1. The van der Waals surface area contributed by atoms with Crippen molar-refractivity contribution in [3.8, 4) is 17.1 Å². The van der Waals surface area contributed by atoms with Gasteiger partial charge >= 0.3 is 0 Å². The number of nitrogens with zero attached hydrogens (tertiary/aromatic N) is 4. The quantitative estimate of drug-likeness (QED) is 0.214. The average molecular weight is 666 g/mol. The van der Waals surface area contributed by atoms with Gasteiger partial charge in [-0.25, -0.2) is 0 Å². The molecule has 6 rings (SSSR count). The van der Waals surface area contributed by atoms with Gasteiger partial charge in [0.15, 0.2) is 11.4 Å². The van der Waals surface area contributed by atoms with Gasteiger partial charge in [0, 0.05) is 64.0 Å². The van der Waals surface area contributed by atoms with E-state index < -0.39 is 58.0 Å². The molecule has 2 heterocycles. The fourth-order valence-corrected chi connectivity index (χ4v) is 8.03. The first-order valence-electron chi connectivity index (χ1n) is 16.1. The molecule has 4 atom stereocenters. The van der Waals surface area contributed by atoms with Crippen LogP contribution < -0.4 is 10.6 Å². The summed E-state index contributed by atoms with van der Waals surface area (Å²) in [4.78, 5) is 48.0. The maximum Gasteiger partial charge on any atom is 0.255 e. The smallest absolute Gasteiger partial charge is 0.255 e. The third-order valence-electron chi connectivity index (χ3n) is 10.4. The number of β-amino-alcohol motifs (C(OH)–C–C–N with tert-alkyl or cyclic N) is 1. The largest absolute Gasteiger partial charge is 0.510 e. The zero-order valence-electron chi connectivity index (χ0n) is 27.6. The van der Waals surface area contributed by atoms with E-state index in [4.69, 9.17) is 10.2 Å². The van der Waals surface area contributed by atoms with E-state index >= 15 is 0 Å².